The van der Waals surface area contributed by atoms with Gasteiger partial charge in [-0.1, -0.05) is 24.6 Å². The monoisotopic (exact) mass is 260 g/mol. The van der Waals surface area contributed by atoms with Crippen molar-refractivity contribution in [3.8, 4) is 0 Å². The van der Waals surface area contributed by atoms with Crippen LogP contribution in [0.3, 0.4) is 0 Å². The summed E-state index contributed by atoms with van der Waals surface area (Å²) in [5.41, 5.74) is 5.79. The highest BCUT2D eigenvalue weighted by Gasteiger charge is 2.29. The van der Waals surface area contributed by atoms with Gasteiger partial charge >= 0.3 is 0 Å². The molecule has 1 N–H and O–H groups in total. The maximum atomic E-state index is 3.40. The first-order chi connectivity index (χ1) is 9.04. The van der Waals surface area contributed by atoms with Gasteiger partial charge in [-0.15, -0.1) is 0 Å². The molecule has 0 bridgehead atoms. The number of hydrogen-bond acceptors (Lipinski definition) is 2. The molecular weight excluding hydrogens is 232 g/mol. The molecule has 0 radical (unpaired) electrons. The Labute approximate surface area is 118 Å². The van der Waals surface area contributed by atoms with Gasteiger partial charge in [0, 0.05) is 25.2 Å². The Morgan fingerprint density at radius 1 is 1.21 bits per heavy atom. The normalized spacial score (nSPS) is 17.6. The first-order valence-corrected chi connectivity index (χ1v) is 7.58. The van der Waals surface area contributed by atoms with Crippen LogP contribution in [0.1, 0.15) is 48.6 Å². The van der Waals surface area contributed by atoms with Crippen LogP contribution < -0.4 is 5.32 Å². The lowest BCUT2D eigenvalue weighted by Gasteiger charge is -2.42. The van der Waals surface area contributed by atoms with E-state index in [2.05, 4.69) is 57.0 Å². The molecule has 106 valence electrons. The van der Waals surface area contributed by atoms with E-state index < -0.39 is 0 Å². The fourth-order valence-electron chi connectivity index (χ4n) is 3.47. The van der Waals surface area contributed by atoms with Crippen molar-refractivity contribution >= 4 is 0 Å². The largest absolute Gasteiger partial charge is 0.314 e. The molecule has 1 fully saturated rings. The highest BCUT2D eigenvalue weighted by atomic mass is 15.2. The van der Waals surface area contributed by atoms with E-state index in [0.29, 0.717) is 6.04 Å². The predicted octanol–water partition coefficient (Wildman–Crippen LogP) is 3.36. The van der Waals surface area contributed by atoms with Gasteiger partial charge in [-0.2, -0.15) is 0 Å². The number of hydrogen-bond donors (Lipinski definition) is 1. The summed E-state index contributed by atoms with van der Waals surface area (Å²) in [5, 5.41) is 3.40. The Hall–Kier alpha value is -0.860. The van der Waals surface area contributed by atoms with Crippen molar-refractivity contribution in [1.82, 2.24) is 10.2 Å². The van der Waals surface area contributed by atoms with Crippen molar-refractivity contribution in [2.45, 2.75) is 53.1 Å². The van der Waals surface area contributed by atoms with Gasteiger partial charge < -0.3 is 5.32 Å². The summed E-state index contributed by atoms with van der Waals surface area (Å²) in [7, 11) is 0. The zero-order valence-electron chi connectivity index (χ0n) is 13.1. The van der Waals surface area contributed by atoms with Crippen molar-refractivity contribution < 1.29 is 0 Å². The predicted molar refractivity (Wildman–Crippen MR) is 82.7 cm³/mol. The van der Waals surface area contributed by atoms with E-state index in [1.54, 1.807) is 0 Å². The fraction of sp³-hybridized carbons (Fsp3) is 0.647. The van der Waals surface area contributed by atoms with Crippen LogP contribution in [0, 0.1) is 20.8 Å². The van der Waals surface area contributed by atoms with Crippen LogP contribution in [-0.4, -0.2) is 30.6 Å². The van der Waals surface area contributed by atoms with Gasteiger partial charge in [0.25, 0.3) is 0 Å². The van der Waals surface area contributed by atoms with Gasteiger partial charge in [-0.25, -0.2) is 0 Å². The second-order valence-electron chi connectivity index (χ2n) is 6.04. The van der Waals surface area contributed by atoms with Crippen molar-refractivity contribution in [2.24, 2.45) is 0 Å². The molecule has 0 aromatic heterocycles. The first-order valence-electron chi connectivity index (χ1n) is 7.58. The van der Waals surface area contributed by atoms with Crippen molar-refractivity contribution in [3.63, 3.8) is 0 Å². The smallest absolute Gasteiger partial charge is 0.0351 e. The molecule has 0 spiro atoms. The molecule has 1 saturated heterocycles. The molecular formula is C17H28N2. The van der Waals surface area contributed by atoms with E-state index in [1.807, 2.05) is 0 Å². The second-order valence-corrected chi connectivity index (χ2v) is 6.04. The van der Waals surface area contributed by atoms with Crippen LogP contribution in [-0.2, 0) is 0 Å². The van der Waals surface area contributed by atoms with E-state index in [1.165, 1.54) is 35.2 Å². The Kier molecular flexibility index (Phi) is 4.64. The minimum atomic E-state index is 0.521. The van der Waals surface area contributed by atoms with E-state index in [-0.39, 0.29) is 0 Å². The fourth-order valence-corrected chi connectivity index (χ4v) is 3.47. The maximum absolute atomic E-state index is 3.40. The molecule has 1 aliphatic heterocycles. The van der Waals surface area contributed by atoms with Gasteiger partial charge in [0.05, 0.1) is 0 Å². The molecule has 1 aliphatic rings. The maximum Gasteiger partial charge on any atom is 0.0351 e. The zero-order valence-corrected chi connectivity index (χ0v) is 13.1. The van der Waals surface area contributed by atoms with Gasteiger partial charge in [-0.3, -0.25) is 4.90 Å². The Balaban J connectivity index is 2.27. The lowest BCUT2D eigenvalue weighted by atomic mass is 9.92. The van der Waals surface area contributed by atoms with Gasteiger partial charge in [-0.05, 0) is 57.4 Å². The molecule has 1 aromatic rings. The number of nitrogens with zero attached hydrogens (tertiary/aromatic N) is 1. The summed E-state index contributed by atoms with van der Waals surface area (Å²) in [4.78, 5) is 2.68. The van der Waals surface area contributed by atoms with E-state index in [9.17, 15) is 0 Å². The van der Waals surface area contributed by atoms with E-state index in [0.717, 1.165) is 19.1 Å². The van der Waals surface area contributed by atoms with Crippen molar-refractivity contribution in [3.05, 3.63) is 34.4 Å². The average Bonchev–Trinajstić information content (AvgIpc) is 2.24. The Bertz CT molecular complexity index is 412. The van der Waals surface area contributed by atoms with Crippen LogP contribution in [0.2, 0.25) is 0 Å². The average molecular weight is 260 g/mol. The summed E-state index contributed by atoms with van der Waals surface area (Å²) in [6.07, 6.45) is 1.23. The van der Waals surface area contributed by atoms with E-state index >= 15 is 0 Å². The molecule has 0 aliphatic carbocycles. The summed E-state index contributed by atoms with van der Waals surface area (Å²) in [6, 6.07) is 5.88. The summed E-state index contributed by atoms with van der Waals surface area (Å²) < 4.78 is 0. The molecule has 2 heteroatoms. The molecule has 0 saturated carbocycles. The summed E-state index contributed by atoms with van der Waals surface area (Å²) in [5.74, 6) is 0. The quantitative estimate of drug-likeness (QED) is 0.873. The van der Waals surface area contributed by atoms with Gasteiger partial charge in [0.15, 0.2) is 0 Å². The molecule has 2 nitrogen and oxygen atoms in total. The number of aryl methyl sites for hydroxylation is 3. The van der Waals surface area contributed by atoms with Gasteiger partial charge in [0.1, 0.15) is 0 Å². The Morgan fingerprint density at radius 2 is 1.79 bits per heavy atom. The van der Waals surface area contributed by atoms with Gasteiger partial charge in [0.2, 0.25) is 0 Å². The first kappa shape index (κ1) is 14.5. The molecule has 2 rings (SSSR count). The van der Waals surface area contributed by atoms with Crippen LogP contribution in [0.15, 0.2) is 12.1 Å². The summed E-state index contributed by atoms with van der Waals surface area (Å²) >= 11 is 0. The molecule has 19 heavy (non-hydrogen) atoms. The van der Waals surface area contributed by atoms with Crippen molar-refractivity contribution in [2.75, 3.05) is 19.6 Å². The zero-order chi connectivity index (χ0) is 14.0. The molecule has 0 amide bonds. The van der Waals surface area contributed by atoms with Crippen LogP contribution in [0.25, 0.3) is 0 Å². The molecule has 1 aromatic carbocycles. The topological polar surface area (TPSA) is 15.3 Å². The molecule has 1 unspecified atom stereocenters. The standard InChI is InChI=1S/C17H28N2/c1-6-7-19(16-10-18-11-16)15(5)17-13(3)8-12(2)9-14(17)4/h8-9,15-16,18H,6-7,10-11H2,1-5H3. The lowest BCUT2D eigenvalue weighted by Crippen LogP contribution is -2.57. The second kappa shape index (κ2) is 6.06. The number of nitrogens with one attached hydrogen (secondary N) is 1. The third kappa shape index (κ3) is 3.01. The number of rotatable bonds is 5. The highest BCUT2D eigenvalue weighted by molar-refractivity contribution is 5.39. The SMILES string of the molecule is CCCN(C1CNC1)C(C)c1c(C)cc(C)cc1C. The third-order valence-electron chi connectivity index (χ3n) is 4.36. The number of benzene rings is 1. The third-order valence-corrected chi connectivity index (χ3v) is 4.36. The van der Waals surface area contributed by atoms with Crippen LogP contribution in [0.4, 0.5) is 0 Å². The van der Waals surface area contributed by atoms with Crippen LogP contribution in [0.5, 0.6) is 0 Å². The summed E-state index contributed by atoms with van der Waals surface area (Å²) in [6.45, 7) is 14.8. The van der Waals surface area contributed by atoms with Crippen LogP contribution >= 0.6 is 0 Å². The minimum Gasteiger partial charge on any atom is -0.314 e. The Morgan fingerprint density at radius 3 is 2.21 bits per heavy atom. The highest BCUT2D eigenvalue weighted by Crippen LogP contribution is 2.30. The minimum absolute atomic E-state index is 0.521. The molecule has 1 atom stereocenters. The van der Waals surface area contributed by atoms with E-state index in [4.69, 9.17) is 0 Å². The van der Waals surface area contributed by atoms with Crippen molar-refractivity contribution in [1.29, 1.82) is 0 Å². The molecule has 1 heterocycles. The lowest BCUT2D eigenvalue weighted by molar-refractivity contribution is 0.102.